The third kappa shape index (κ3) is 4.46. The molecule has 1 N–H and O–H groups in total. The molecule has 2 aromatic rings. The van der Waals surface area contributed by atoms with Crippen LogP contribution in [0.2, 0.25) is 0 Å². The van der Waals surface area contributed by atoms with Crippen molar-refractivity contribution in [2.45, 2.75) is 37.9 Å². The smallest absolute Gasteiger partial charge is 0.264 e. The lowest BCUT2D eigenvalue weighted by Gasteiger charge is -2.32. The standard InChI is InChI=1S/C23H28N4O3S2/c28-21(16-5-6-16)26(15-18-3-1-11-31-18)17-13-19(22(29)25-9-7-24-8-10-25)27(14-17)23(30)20-4-2-12-32-20/h1-4,11-12,16-17,19,24H,5-10,13-15H2. The van der Waals surface area contributed by atoms with Gasteiger partial charge in [-0.3, -0.25) is 14.4 Å². The van der Waals surface area contributed by atoms with Crippen LogP contribution >= 0.6 is 22.7 Å². The summed E-state index contributed by atoms with van der Waals surface area (Å²) in [6.07, 6.45) is 2.38. The largest absolute Gasteiger partial charge is 0.338 e. The van der Waals surface area contributed by atoms with Gasteiger partial charge in [0, 0.05) is 43.5 Å². The Hall–Kier alpha value is -2.23. The van der Waals surface area contributed by atoms with E-state index < -0.39 is 6.04 Å². The molecule has 3 fully saturated rings. The van der Waals surface area contributed by atoms with E-state index in [1.54, 1.807) is 16.2 Å². The molecule has 9 heteroatoms. The van der Waals surface area contributed by atoms with Crippen molar-refractivity contribution in [1.29, 1.82) is 0 Å². The number of piperazine rings is 1. The van der Waals surface area contributed by atoms with Gasteiger partial charge in [0.25, 0.3) is 5.91 Å². The summed E-state index contributed by atoms with van der Waals surface area (Å²) in [4.78, 5) is 47.4. The monoisotopic (exact) mass is 472 g/mol. The maximum absolute atomic E-state index is 13.5. The molecule has 2 atom stereocenters. The quantitative estimate of drug-likeness (QED) is 0.700. The summed E-state index contributed by atoms with van der Waals surface area (Å²) >= 11 is 3.04. The van der Waals surface area contributed by atoms with E-state index in [-0.39, 0.29) is 29.7 Å². The fourth-order valence-corrected chi connectivity index (χ4v) is 6.04. The molecule has 32 heavy (non-hydrogen) atoms. The molecule has 170 valence electrons. The predicted octanol–water partition coefficient (Wildman–Crippen LogP) is 2.26. The fourth-order valence-electron chi connectivity index (χ4n) is 4.66. The first-order valence-electron chi connectivity index (χ1n) is 11.3. The van der Waals surface area contributed by atoms with Crippen molar-refractivity contribution >= 4 is 40.4 Å². The molecule has 5 rings (SSSR count). The van der Waals surface area contributed by atoms with Crippen molar-refractivity contribution in [3.05, 3.63) is 44.8 Å². The van der Waals surface area contributed by atoms with Crippen LogP contribution in [-0.2, 0) is 16.1 Å². The summed E-state index contributed by atoms with van der Waals surface area (Å²) in [5.74, 6) is 0.168. The predicted molar refractivity (Wildman–Crippen MR) is 125 cm³/mol. The lowest BCUT2D eigenvalue weighted by Crippen LogP contribution is -2.53. The van der Waals surface area contributed by atoms with E-state index in [2.05, 4.69) is 5.32 Å². The Morgan fingerprint density at radius 3 is 2.47 bits per heavy atom. The Bertz CT molecular complexity index is 952. The zero-order valence-electron chi connectivity index (χ0n) is 17.9. The van der Waals surface area contributed by atoms with E-state index >= 15 is 0 Å². The van der Waals surface area contributed by atoms with Crippen molar-refractivity contribution in [2.75, 3.05) is 32.7 Å². The summed E-state index contributed by atoms with van der Waals surface area (Å²) in [6, 6.07) is 7.04. The van der Waals surface area contributed by atoms with Gasteiger partial charge in [0.2, 0.25) is 11.8 Å². The number of hydrogen-bond acceptors (Lipinski definition) is 6. The number of hydrogen-bond donors (Lipinski definition) is 1. The highest BCUT2D eigenvalue weighted by molar-refractivity contribution is 7.12. The minimum Gasteiger partial charge on any atom is -0.338 e. The van der Waals surface area contributed by atoms with Crippen LogP contribution in [0.4, 0.5) is 0 Å². The van der Waals surface area contributed by atoms with Gasteiger partial charge in [0.1, 0.15) is 6.04 Å². The van der Waals surface area contributed by atoms with Crippen molar-refractivity contribution in [3.8, 4) is 0 Å². The second-order valence-corrected chi connectivity index (χ2v) is 10.7. The first-order chi connectivity index (χ1) is 15.6. The van der Waals surface area contributed by atoms with Gasteiger partial charge in [0.05, 0.1) is 17.5 Å². The molecule has 0 bridgehead atoms. The topological polar surface area (TPSA) is 73.0 Å². The molecule has 3 aliphatic rings. The molecule has 2 unspecified atom stereocenters. The van der Waals surface area contributed by atoms with Gasteiger partial charge < -0.3 is 20.0 Å². The number of likely N-dealkylation sites (tertiary alicyclic amines) is 1. The molecule has 0 aromatic carbocycles. The van der Waals surface area contributed by atoms with Crippen LogP contribution in [0.1, 0.15) is 33.8 Å². The number of carbonyl (C=O) groups is 3. The highest BCUT2D eigenvalue weighted by Gasteiger charge is 2.46. The number of nitrogens with one attached hydrogen (secondary N) is 1. The highest BCUT2D eigenvalue weighted by Crippen LogP contribution is 2.35. The molecule has 3 amide bonds. The van der Waals surface area contributed by atoms with Crippen LogP contribution in [-0.4, -0.2) is 77.2 Å². The normalized spacial score (nSPS) is 23.4. The first kappa shape index (κ1) is 21.6. The van der Waals surface area contributed by atoms with Crippen LogP contribution in [0.15, 0.2) is 35.0 Å². The van der Waals surface area contributed by atoms with Crippen molar-refractivity contribution in [1.82, 2.24) is 20.0 Å². The first-order valence-corrected chi connectivity index (χ1v) is 13.0. The van der Waals surface area contributed by atoms with Crippen LogP contribution in [0.3, 0.4) is 0 Å². The number of rotatable bonds is 6. The van der Waals surface area contributed by atoms with Crippen LogP contribution < -0.4 is 5.32 Å². The Kier molecular flexibility index (Phi) is 6.30. The molecule has 0 spiro atoms. The molecular formula is C23H28N4O3S2. The van der Waals surface area contributed by atoms with E-state index in [4.69, 9.17) is 0 Å². The van der Waals surface area contributed by atoms with E-state index in [0.29, 0.717) is 37.5 Å². The number of nitrogens with zero attached hydrogens (tertiary/aromatic N) is 3. The lowest BCUT2D eigenvalue weighted by atomic mass is 10.1. The molecule has 1 aliphatic carbocycles. The molecular weight excluding hydrogens is 444 g/mol. The number of thiophene rings is 2. The van der Waals surface area contributed by atoms with E-state index in [0.717, 1.165) is 30.8 Å². The van der Waals surface area contributed by atoms with Crippen LogP contribution in [0.25, 0.3) is 0 Å². The summed E-state index contributed by atoms with van der Waals surface area (Å²) in [7, 11) is 0. The Balaban J connectivity index is 1.41. The summed E-state index contributed by atoms with van der Waals surface area (Å²) in [5.41, 5.74) is 0. The van der Waals surface area contributed by atoms with E-state index in [1.807, 2.05) is 44.8 Å². The summed E-state index contributed by atoms with van der Waals surface area (Å²) in [5, 5.41) is 7.18. The third-order valence-electron chi connectivity index (χ3n) is 6.54. The molecule has 1 saturated carbocycles. The van der Waals surface area contributed by atoms with E-state index in [9.17, 15) is 14.4 Å². The number of amides is 3. The summed E-state index contributed by atoms with van der Waals surface area (Å²) < 4.78 is 0. The van der Waals surface area contributed by atoms with Crippen LogP contribution in [0.5, 0.6) is 0 Å². The highest BCUT2D eigenvalue weighted by atomic mass is 32.1. The van der Waals surface area contributed by atoms with Crippen molar-refractivity contribution in [3.63, 3.8) is 0 Å². The van der Waals surface area contributed by atoms with Gasteiger partial charge >= 0.3 is 0 Å². The molecule has 4 heterocycles. The minimum atomic E-state index is -0.523. The van der Waals surface area contributed by atoms with Gasteiger partial charge in [-0.2, -0.15) is 0 Å². The lowest BCUT2D eigenvalue weighted by molar-refractivity contribution is -0.137. The molecule has 2 saturated heterocycles. The van der Waals surface area contributed by atoms with Gasteiger partial charge in [-0.15, -0.1) is 22.7 Å². The Labute approximate surface area is 196 Å². The van der Waals surface area contributed by atoms with Gasteiger partial charge in [0.15, 0.2) is 0 Å². The number of carbonyl (C=O) groups excluding carboxylic acids is 3. The van der Waals surface area contributed by atoms with Crippen molar-refractivity contribution in [2.24, 2.45) is 5.92 Å². The maximum Gasteiger partial charge on any atom is 0.264 e. The molecule has 7 nitrogen and oxygen atoms in total. The van der Waals surface area contributed by atoms with E-state index in [1.165, 1.54) is 11.3 Å². The minimum absolute atomic E-state index is 0.00820. The molecule has 2 aliphatic heterocycles. The Morgan fingerprint density at radius 2 is 1.81 bits per heavy atom. The third-order valence-corrected chi connectivity index (χ3v) is 8.26. The van der Waals surface area contributed by atoms with Gasteiger partial charge in [-0.1, -0.05) is 12.1 Å². The Morgan fingerprint density at radius 1 is 1.06 bits per heavy atom. The average Bonchev–Trinajstić information content (AvgIpc) is 3.22. The second-order valence-electron chi connectivity index (χ2n) is 8.74. The van der Waals surface area contributed by atoms with Gasteiger partial charge in [-0.05, 0) is 42.2 Å². The summed E-state index contributed by atoms with van der Waals surface area (Å²) in [6.45, 7) is 3.80. The zero-order valence-corrected chi connectivity index (χ0v) is 19.6. The SMILES string of the molecule is O=C(C1CC(N(Cc2cccs2)C(=O)C2CC2)CN1C(=O)c1cccs1)N1CCNCC1. The van der Waals surface area contributed by atoms with Gasteiger partial charge in [-0.25, -0.2) is 0 Å². The van der Waals surface area contributed by atoms with Crippen LogP contribution in [0, 0.1) is 5.92 Å². The van der Waals surface area contributed by atoms with Crippen molar-refractivity contribution < 1.29 is 14.4 Å². The molecule has 2 aromatic heterocycles. The fraction of sp³-hybridized carbons (Fsp3) is 0.522. The molecule has 0 radical (unpaired) electrons. The average molecular weight is 473 g/mol. The second kappa shape index (κ2) is 9.33. The zero-order chi connectivity index (χ0) is 22.1. The maximum atomic E-state index is 13.5.